The molecule has 0 saturated carbocycles. The molecule has 136 valence electrons. The smallest absolute Gasteiger partial charge is 0.226 e. The number of hydrogen-bond donors (Lipinski definition) is 1. The van der Waals surface area contributed by atoms with Crippen LogP contribution in [0, 0.1) is 12.8 Å². The maximum Gasteiger partial charge on any atom is 0.226 e. The van der Waals surface area contributed by atoms with E-state index in [1.165, 1.54) is 11.1 Å². The Kier molecular flexibility index (Phi) is 5.00. The molecule has 2 fully saturated rings. The molecule has 0 unspecified atom stereocenters. The van der Waals surface area contributed by atoms with E-state index in [9.17, 15) is 4.79 Å². The fourth-order valence-corrected chi connectivity index (χ4v) is 4.03. The van der Waals surface area contributed by atoms with E-state index in [1.54, 1.807) is 12.4 Å². The Balaban J connectivity index is 1.34. The van der Waals surface area contributed by atoms with E-state index in [0.29, 0.717) is 6.54 Å². The minimum absolute atomic E-state index is 0.00698. The van der Waals surface area contributed by atoms with E-state index in [2.05, 4.69) is 46.4 Å². The van der Waals surface area contributed by atoms with Gasteiger partial charge >= 0.3 is 0 Å². The summed E-state index contributed by atoms with van der Waals surface area (Å²) in [6.07, 6.45) is 4.49. The van der Waals surface area contributed by atoms with E-state index in [1.807, 2.05) is 12.1 Å². The van der Waals surface area contributed by atoms with Gasteiger partial charge in [-0.2, -0.15) is 0 Å². The van der Waals surface area contributed by atoms with Crippen molar-refractivity contribution in [3.05, 3.63) is 65.5 Å². The molecule has 1 aromatic carbocycles. The molecule has 3 atom stereocenters. The highest BCUT2D eigenvalue weighted by Gasteiger charge is 2.44. The zero-order valence-corrected chi connectivity index (χ0v) is 15.1. The van der Waals surface area contributed by atoms with Crippen LogP contribution in [-0.2, 0) is 22.6 Å². The number of aromatic nitrogens is 1. The fraction of sp³-hybridized carbons (Fsp3) is 0.429. The number of fused-ring (bicyclic) bond motifs is 2. The summed E-state index contributed by atoms with van der Waals surface area (Å²) in [6, 6.07) is 12.5. The van der Waals surface area contributed by atoms with Gasteiger partial charge in [0.05, 0.1) is 18.1 Å². The van der Waals surface area contributed by atoms with E-state index in [-0.39, 0.29) is 24.0 Å². The van der Waals surface area contributed by atoms with Crippen LogP contribution in [0.15, 0.2) is 48.8 Å². The number of benzene rings is 1. The number of amides is 1. The summed E-state index contributed by atoms with van der Waals surface area (Å²) in [7, 11) is 0. The summed E-state index contributed by atoms with van der Waals surface area (Å²) in [5.74, 6) is 0.0398. The molecule has 0 radical (unpaired) electrons. The summed E-state index contributed by atoms with van der Waals surface area (Å²) in [5, 5.41) is 3.05. The zero-order chi connectivity index (χ0) is 17.9. The largest absolute Gasteiger partial charge is 0.371 e. The van der Waals surface area contributed by atoms with Gasteiger partial charge in [0.15, 0.2) is 0 Å². The molecule has 2 bridgehead atoms. The summed E-state index contributed by atoms with van der Waals surface area (Å²) in [6.45, 7) is 5.27. The molecule has 3 heterocycles. The molecule has 0 aliphatic carbocycles. The molecule has 4 rings (SSSR count). The normalized spacial score (nSPS) is 25.2. The van der Waals surface area contributed by atoms with Crippen LogP contribution >= 0.6 is 0 Å². The molecule has 0 spiro atoms. The van der Waals surface area contributed by atoms with E-state index in [0.717, 1.165) is 31.6 Å². The highest BCUT2D eigenvalue weighted by molar-refractivity contribution is 5.79. The molecule has 5 nitrogen and oxygen atoms in total. The number of nitrogens with zero attached hydrogens (tertiary/aromatic N) is 2. The number of hydrogen-bond acceptors (Lipinski definition) is 4. The number of pyridine rings is 1. The monoisotopic (exact) mass is 351 g/mol. The Hall–Kier alpha value is -2.24. The van der Waals surface area contributed by atoms with Gasteiger partial charge in [0, 0.05) is 38.6 Å². The first kappa shape index (κ1) is 17.2. The maximum absolute atomic E-state index is 12.6. The van der Waals surface area contributed by atoms with Crippen LogP contribution in [0.4, 0.5) is 0 Å². The average molecular weight is 351 g/mol. The number of carbonyl (C=O) groups is 1. The Morgan fingerprint density at radius 1 is 1.27 bits per heavy atom. The molecule has 2 aliphatic rings. The number of morpholine rings is 1. The zero-order valence-electron chi connectivity index (χ0n) is 15.1. The van der Waals surface area contributed by atoms with Crippen molar-refractivity contribution in [3.8, 4) is 0 Å². The second-order valence-corrected chi connectivity index (χ2v) is 7.40. The van der Waals surface area contributed by atoms with Gasteiger partial charge in [-0.15, -0.1) is 0 Å². The standard InChI is InChI=1S/C21H25N3O2/c1-15-4-2-5-16(8-15)12-24-13-18-9-19(20(14-24)26-18)21(25)23-11-17-6-3-7-22-10-17/h2-8,10,18-20H,9,11-14H2,1H3,(H,23,25)/t18-,19+,20-/m0/s1. The first-order valence-corrected chi connectivity index (χ1v) is 9.27. The van der Waals surface area contributed by atoms with Gasteiger partial charge in [-0.1, -0.05) is 35.9 Å². The number of likely N-dealkylation sites (tertiary alicyclic amines) is 1. The fourth-order valence-electron chi connectivity index (χ4n) is 4.03. The lowest BCUT2D eigenvalue weighted by Gasteiger charge is -2.32. The minimum Gasteiger partial charge on any atom is -0.371 e. The van der Waals surface area contributed by atoms with Crippen molar-refractivity contribution in [1.29, 1.82) is 0 Å². The predicted molar refractivity (Wildman–Crippen MR) is 99.3 cm³/mol. The Labute approximate surface area is 154 Å². The average Bonchev–Trinajstić information content (AvgIpc) is 2.95. The quantitative estimate of drug-likeness (QED) is 0.898. The second-order valence-electron chi connectivity index (χ2n) is 7.40. The highest BCUT2D eigenvalue weighted by Crippen LogP contribution is 2.32. The van der Waals surface area contributed by atoms with Crippen molar-refractivity contribution in [2.24, 2.45) is 5.92 Å². The molecular formula is C21H25N3O2. The van der Waals surface area contributed by atoms with Crippen LogP contribution in [-0.4, -0.2) is 41.1 Å². The topological polar surface area (TPSA) is 54.5 Å². The van der Waals surface area contributed by atoms with Gasteiger partial charge in [0.1, 0.15) is 0 Å². The third kappa shape index (κ3) is 3.94. The molecule has 26 heavy (non-hydrogen) atoms. The van der Waals surface area contributed by atoms with Gasteiger partial charge in [0.25, 0.3) is 0 Å². The minimum atomic E-state index is -0.0563. The van der Waals surface area contributed by atoms with Crippen molar-refractivity contribution in [2.45, 2.75) is 38.6 Å². The third-order valence-corrected chi connectivity index (χ3v) is 5.25. The number of aryl methyl sites for hydroxylation is 1. The van der Waals surface area contributed by atoms with Gasteiger partial charge in [-0.3, -0.25) is 14.7 Å². The number of nitrogens with one attached hydrogen (secondary N) is 1. The summed E-state index contributed by atoms with van der Waals surface area (Å²) in [4.78, 5) is 19.1. The van der Waals surface area contributed by atoms with E-state index >= 15 is 0 Å². The van der Waals surface area contributed by atoms with Crippen LogP contribution in [0.3, 0.4) is 0 Å². The van der Waals surface area contributed by atoms with E-state index < -0.39 is 0 Å². The van der Waals surface area contributed by atoms with Crippen LogP contribution in [0.1, 0.15) is 23.1 Å². The lowest BCUT2D eigenvalue weighted by atomic mass is 9.99. The third-order valence-electron chi connectivity index (χ3n) is 5.25. The van der Waals surface area contributed by atoms with Crippen LogP contribution in [0.5, 0.6) is 0 Å². The van der Waals surface area contributed by atoms with Gasteiger partial charge in [-0.05, 0) is 30.5 Å². The van der Waals surface area contributed by atoms with Crippen molar-refractivity contribution in [1.82, 2.24) is 15.2 Å². The highest BCUT2D eigenvalue weighted by atomic mass is 16.5. The summed E-state index contributed by atoms with van der Waals surface area (Å²) >= 11 is 0. The molecular weight excluding hydrogens is 326 g/mol. The Morgan fingerprint density at radius 2 is 2.15 bits per heavy atom. The lowest BCUT2D eigenvalue weighted by molar-refractivity contribution is -0.128. The maximum atomic E-state index is 12.6. The SMILES string of the molecule is Cc1cccc(CN2C[C@@H]3C[C@@H](C(=O)NCc4cccnc4)[C@H](C2)O3)c1. The van der Waals surface area contributed by atoms with Gasteiger partial charge in [0.2, 0.25) is 5.91 Å². The van der Waals surface area contributed by atoms with Crippen molar-refractivity contribution in [2.75, 3.05) is 13.1 Å². The lowest BCUT2D eigenvalue weighted by Crippen LogP contribution is -2.44. The van der Waals surface area contributed by atoms with Crippen LogP contribution < -0.4 is 5.32 Å². The molecule has 5 heteroatoms. The molecule has 1 amide bonds. The number of ether oxygens (including phenoxy) is 1. The van der Waals surface area contributed by atoms with Crippen molar-refractivity contribution >= 4 is 5.91 Å². The Bertz CT molecular complexity index is 765. The second kappa shape index (κ2) is 7.56. The van der Waals surface area contributed by atoms with E-state index in [4.69, 9.17) is 4.74 Å². The summed E-state index contributed by atoms with van der Waals surface area (Å²) in [5.41, 5.74) is 3.62. The predicted octanol–water partition coefficient (Wildman–Crippen LogP) is 2.30. The molecule has 1 aromatic heterocycles. The first-order chi connectivity index (χ1) is 12.7. The molecule has 2 saturated heterocycles. The molecule has 1 N–H and O–H groups in total. The first-order valence-electron chi connectivity index (χ1n) is 9.27. The molecule has 2 aromatic rings. The van der Waals surface area contributed by atoms with Crippen LogP contribution in [0.25, 0.3) is 0 Å². The van der Waals surface area contributed by atoms with Crippen molar-refractivity contribution < 1.29 is 9.53 Å². The van der Waals surface area contributed by atoms with Crippen molar-refractivity contribution in [3.63, 3.8) is 0 Å². The van der Waals surface area contributed by atoms with Gasteiger partial charge in [-0.25, -0.2) is 0 Å². The number of rotatable bonds is 5. The van der Waals surface area contributed by atoms with Crippen LogP contribution in [0.2, 0.25) is 0 Å². The molecule has 2 aliphatic heterocycles. The Morgan fingerprint density at radius 3 is 2.96 bits per heavy atom. The van der Waals surface area contributed by atoms with Gasteiger partial charge < -0.3 is 10.1 Å². The number of carbonyl (C=O) groups excluding carboxylic acids is 1. The summed E-state index contributed by atoms with van der Waals surface area (Å²) < 4.78 is 6.06.